The number of nitrogens with zero attached hydrogens (tertiary/aromatic N) is 1. The van der Waals surface area contributed by atoms with Crippen molar-refractivity contribution in [3.05, 3.63) is 54.1 Å². The largest absolute Gasteiger partial charge is 0.490 e. The highest BCUT2D eigenvalue weighted by molar-refractivity contribution is 7.89. The Labute approximate surface area is 178 Å². The van der Waals surface area contributed by atoms with Crippen molar-refractivity contribution in [3.63, 3.8) is 0 Å². The van der Waals surface area contributed by atoms with Crippen LogP contribution in [0, 0.1) is 0 Å². The number of amides is 1. The zero-order valence-corrected chi connectivity index (χ0v) is 18.0. The molecule has 0 spiro atoms. The molecule has 1 aliphatic rings. The number of rotatable bonds is 9. The van der Waals surface area contributed by atoms with E-state index in [1.807, 2.05) is 6.92 Å². The van der Waals surface area contributed by atoms with E-state index >= 15 is 0 Å². The van der Waals surface area contributed by atoms with Crippen molar-refractivity contribution in [2.24, 2.45) is 0 Å². The van der Waals surface area contributed by atoms with Gasteiger partial charge in [0.15, 0.2) is 0 Å². The molecule has 8 heteroatoms. The Balaban J connectivity index is 1.73. The normalized spacial score (nSPS) is 15.0. The van der Waals surface area contributed by atoms with Gasteiger partial charge in [-0.1, -0.05) is 24.6 Å². The van der Waals surface area contributed by atoms with Crippen LogP contribution >= 0.6 is 0 Å². The fourth-order valence-corrected chi connectivity index (χ4v) is 4.89. The van der Waals surface area contributed by atoms with Gasteiger partial charge in [-0.3, -0.25) is 4.79 Å². The maximum absolute atomic E-state index is 12.9. The Morgan fingerprint density at radius 1 is 1.03 bits per heavy atom. The van der Waals surface area contributed by atoms with Gasteiger partial charge >= 0.3 is 0 Å². The Kier molecular flexibility index (Phi) is 7.84. The maximum atomic E-state index is 12.9. The highest BCUT2D eigenvalue weighted by Crippen LogP contribution is 2.24. The number of carbonyl (C=O) groups is 1. The molecule has 0 aromatic heterocycles. The van der Waals surface area contributed by atoms with E-state index in [0.29, 0.717) is 49.9 Å². The summed E-state index contributed by atoms with van der Waals surface area (Å²) in [5.41, 5.74) is 0.792. The molecule has 0 aliphatic carbocycles. The second kappa shape index (κ2) is 10.6. The third kappa shape index (κ3) is 5.59. The van der Waals surface area contributed by atoms with Crippen LogP contribution in [0.1, 0.15) is 36.5 Å². The maximum Gasteiger partial charge on any atom is 0.259 e. The summed E-state index contributed by atoms with van der Waals surface area (Å²) in [5.74, 6) is 0.0846. The van der Waals surface area contributed by atoms with Crippen LogP contribution in [-0.4, -0.2) is 51.5 Å². The minimum absolute atomic E-state index is 0.184. The highest BCUT2D eigenvalue weighted by Gasteiger charge is 2.26. The Morgan fingerprint density at radius 2 is 1.80 bits per heavy atom. The summed E-state index contributed by atoms with van der Waals surface area (Å²) in [6.07, 6.45) is 2.79. The average molecular weight is 433 g/mol. The second-order valence-corrected chi connectivity index (χ2v) is 8.93. The van der Waals surface area contributed by atoms with Crippen molar-refractivity contribution in [2.45, 2.75) is 31.1 Å². The van der Waals surface area contributed by atoms with Gasteiger partial charge in [0, 0.05) is 25.4 Å². The first-order chi connectivity index (χ1) is 14.5. The number of benzene rings is 2. The van der Waals surface area contributed by atoms with Crippen molar-refractivity contribution in [3.8, 4) is 5.75 Å². The number of piperidine rings is 1. The fraction of sp³-hybridized carbons (Fsp3) is 0.409. The Bertz CT molecular complexity index is 956. The van der Waals surface area contributed by atoms with Crippen LogP contribution in [0.3, 0.4) is 0 Å². The van der Waals surface area contributed by atoms with Gasteiger partial charge < -0.3 is 14.8 Å². The molecular formula is C22H28N2O5S. The van der Waals surface area contributed by atoms with Crippen LogP contribution in [0.5, 0.6) is 5.75 Å². The van der Waals surface area contributed by atoms with Crippen LogP contribution in [-0.2, 0) is 14.8 Å². The van der Waals surface area contributed by atoms with Gasteiger partial charge in [-0.25, -0.2) is 8.42 Å². The van der Waals surface area contributed by atoms with Crippen molar-refractivity contribution < 1.29 is 22.7 Å². The Hall–Kier alpha value is -2.42. The summed E-state index contributed by atoms with van der Waals surface area (Å²) in [6, 6.07) is 13.3. The number of para-hydroxylation sites is 1. The van der Waals surface area contributed by atoms with Crippen LogP contribution in [0.25, 0.3) is 0 Å². The van der Waals surface area contributed by atoms with Crippen molar-refractivity contribution in [2.75, 3.05) is 38.2 Å². The molecule has 0 atom stereocenters. The highest BCUT2D eigenvalue weighted by atomic mass is 32.2. The molecule has 7 nitrogen and oxygen atoms in total. The molecule has 1 fully saturated rings. The van der Waals surface area contributed by atoms with Gasteiger partial charge in [-0.2, -0.15) is 4.31 Å². The number of sulfonamides is 1. The molecule has 0 saturated carbocycles. The molecule has 1 saturated heterocycles. The Morgan fingerprint density at radius 3 is 2.57 bits per heavy atom. The van der Waals surface area contributed by atoms with Crippen molar-refractivity contribution in [1.82, 2.24) is 4.31 Å². The molecule has 1 aliphatic heterocycles. The lowest BCUT2D eigenvalue weighted by Crippen LogP contribution is -2.35. The molecule has 1 heterocycles. The van der Waals surface area contributed by atoms with Crippen LogP contribution in [0.15, 0.2) is 53.4 Å². The number of nitrogens with one attached hydrogen (secondary N) is 1. The van der Waals surface area contributed by atoms with Gasteiger partial charge in [0.2, 0.25) is 10.0 Å². The SMILES string of the molecule is CCOCCOc1ccccc1C(=O)Nc1cccc(S(=O)(=O)N2CCCCC2)c1. The first kappa shape index (κ1) is 22.3. The van der Waals surface area contributed by atoms with E-state index < -0.39 is 10.0 Å². The number of ether oxygens (including phenoxy) is 2. The van der Waals surface area contributed by atoms with Crippen LogP contribution in [0.2, 0.25) is 0 Å². The standard InChI is InChI=1S/C22H28N2O5S/c1-2-28-15-16-29-21-12-5-4-11-20(21)22(25)23-18-9-8-10-19(17-18)30(26,27)24-13-6-3-7-14-24/h4-5,8-12,17H,2-3,6-7,13-16H2,1H3,(H,23,25). The van der Waals surface area contributed by atoms with Gasteiger partial charge in [-0.05, 0) is 50.1 Å². The first-order valence-corrected chi connectivity index (χ1v) is 11.7. The first-order valence-electron chi connectivity index (χ1n) is 10.2. The zero-order chi connectivity index (χ0) is 21.4. The van der Waals surface area contributed by atoms with Gasteiger partial charge in [0.1, 0.15) is 12.4 Å². The molecule has 1 amide bonds. The topological polar surface area (TPSA) is 84.9 Å². The van der Waals surface area contributed by atoms with Gasteiger partial charge in [-0.15, -0.1) is 0 Å². The minimum Gasteiger partial charge on any atom is -0.490 e. The van der Waals surface area contributed by atoms with E-state index in [0.717, 1.165) is 19.3 Å². The van der Waals surface area contributed by atoms with E-state index in [4.69, 9.17) is 9.47 Å². The summed E-state index contributed by atoms with van der Waals surface area (Å²) in [6.45, 7) is 4.34. The number of anilines is 1. The minimum atomic E-state index is -3.57. The van der Waals surface area contributed by atoms with E-state index in [-0.39, 0.29) is 10.8 Å². The van der Waals surface area contributed by atoms with Crippen LogP contribution < -0.4 is 10.1 Å². The lowest BCUT2D eigenvalue weighted by molar-refractivity contribution is 0.0998. The number of hydrogen-bond donors (Lipinski definition) is 1. The fourth-order valence-electron chi connectivity index (χ4n) is 3.32. The van der Waals surface area contributed by atoms with Crippen molar-refractivity contribution in [1.29, 1.82) is 0 Å². The predicted molar refractivity (Wildman–Crippen MR) is 115 cm³/mol. The van der Waals surface area contributed by atoms with E-state index in [1.165, 1.54) is 10.4 Å². The van der Waals surface area contributed by atoms with Crippen molar-refractivity contribution >= 4 is 21.6 Å². The van der Waals surface area contributed by atoms with Gasteiger partial charge in [0.25, 0.3) is 5.91 Å². The lowest BCUT2D eigenvalue weighted by atomic mass is 10.2. The summed E-state index contributed by atoms with van der Waals surface area (Å²) in [7, 11) is -3.57. The molecule has 1 N–H and O–H groups in total. The second-order valence-electron chi connectivity index (χ2n) is 6.99. The van der Waals surface area contributed by atoms with Crippen LogP contribution in [0.4, 0.5) is 5.69 Å². The molecule has 2 aromatic carbocycles. The van der Waals surface area contributed by atoms with E-state index in [9.17, 15) is 13.2 Å². The molecule has 0 bridgehead atoms. The van der Waals surface area contributed by atoms with E-state index in [1.54, 1.807) is 42.5 Å². The number of carbonyl (C=O) groups excluding carboxylic acids is 1. The molecular weight excluding hydrogens is 404 g/mol. The van der Waals surface area contributed by atoms with Gasteiger partial charge in [0.05, 0.1) is 17.1 Å². The molecule has 0 radical (unpaired) electrons. The molecule has 162 valence electrons. The average Bonchev–Trinajstić information content (AvgIpc) is 2.78. The smallest absolute Gasteiger partial charge is 0.259 e. The molecule has 30 heavy (non-hydrogen) atoms. The monoisotopic (exact) mass is 432 g/mol. The predicted octanol–water partition coefficient (Wildman–Crippen LogP) is 3.53. The summed E-state index contributed by atoms with van der Waals surface area (Å²) >= 11 is 0. The summed E-state index contributed by atoms with van der Waals surface area (Å²) in [4.78, 5) is 13.0. The third-order valence-electron chi connectivity index (χ3n) is 4.87. The molecule has 2 aromatic rings. The molecule has 3 rings (SSSR count). The zero-order valence-electron chi connectivity index (χ0n) is 17.2. The molecule has 0 unspecified atom stereocenters. The van der Waals surface area contributed by atoms with E-state index in [2.05, 4.69) is 5.32 Å². The quantitative estimate of drug-likeness (QED) is 0.613. The number of hydrogen-bond acceptors (Lipinski definition) is 5. The third-order valence-corrected chi connectivity index (χ3v) is 6.76. The summed E-state index contributed by atoms with van der Waals surface area (Å²) in [5, 5.41) is 2.78. The summed E-state index contributed by atoms with van der Waals surface area (Å²) < 4.78 is 38.2. The lowest BCUT2D eigenvalue weighted by Gasteiger charge is -2.26.